The lowest BCUT2D eigenvalue weighted by Crippen LogP contribution is -2.37. The maximum atomic E-state index is 9.91. The van der Waals surface area contributed by atoms with E-state index in [0.29, 0.717) is 49.5 Å². The van der Waals surface area contributed by atoms with Gasteiger partial charge in [-0.05, 0) is 38.5 Å². The molecule has 1 aliphatic heterocycles. The summed E-state index contributed by atoms with van der Waals surface area (Å²) < 4.78 is 11.0. The number of aromatic nitrogens is 3. The second-order valence-corrected chi connectivity index (χ2v) is 7.50. The van der Waals surface area contributed by atoms with E-state index in [1.54, 1.807) is 19.9 Å². The van der Waals surface area contributed by atoms with Crippen LogP contribution >= 0.6 is 0 Å². The van der Waals surface area contributed by atoms with Gasteiger partial charge in [0.1, 0.15) is 18.8 Å². The molecule has 1 aliphatic rings. The van der Waals surface area contributed by atoms with E-state index in [9.17, 15) is 5.11 Å². The molecule has 10 nitrogen and oxygen atoms in total. The van der Waals surface area contributed by atoms with Crippen molar-refractivity contribution in [3.63, 3.8) is 0 Å². The Bertz CT molecular complexity index is 861. The monoisotopic (exact) mass is 401 g/mol. The summed E-state index contributed by atoms with van der Waals surface area (Å²) in [7, 11) is 0. The fraction of sp³-hybridized carbons (Fsp3) is 0.526. The number of hydrogen-bond donors (Lipinski definition) is 2. The van der Waals surface area contributed by atoms with Crippen molar-refractivity contribution in [3.8, 4) is 6.01 Å². The number of anilines is 2. The molecule has 1 saturated heterocycles. The van der Waals surface area contributed by atoms with Crippen LogP contribution in [0.2, 0.25) is 0 Å². The zero-order valence-electron chi connectivity index (χ0n) is 17.0. The number of morpholine rings is 1. The van der Waals surface area contributed by atoms with Crippen molar-refractivity contribution in [2.45, 2.75) is 32.9 Å². The smallest absolute Gasteiger partial charge is 0.321 e. The summed E-state index contributed by atoms with van der Waals surface area (Å²) in [5, 5.41) is 18.3. The van der Waals surface area contributed by atoms with Crippen LogP contribution in [0, 0.1) is 6.92 Å². The highest BCUT2D eigenvalue weighted by atomic mass is 16.5. The first-order valence-corrected chi connectivity index (χ1v) is 9.47. The van der Waals surface area contributed by atoms with E-state index in [0.717, 1.165) is 5.56 Å². The van der Waals surface area contributed by atoms with Crippen LogP contribution in [0.5, 0.6) is 6.01 Å². The van der Waals surface area contributed by atoms with Crippen LogP contribution in [-0.2, 0) is 11.3 Å². The number of nitrogen functional groups attached to an aromatic ring is 1. The molecule has 0 atom stereocenters. The molecule has 0 unspecified atom stereocenters. The van der Waals surface area contributed by atoms with Gasteiger partial charge in [-0.3, -0.25) is 0 Å². The van der Waals surface area contributed by atoms with Crippen molar-refractivity contribution >= 4 is 17.3 Å². The molecule has 0 amide bonds. The lowest BCUT2D eigenvalue weighted by atomic mass is 10.2. The molecule has 1 aromatic heterocycles. The first-order valence-electron chi connectivity index (χ1n) is 9.47. The van der Waals surface area contributed by atoms with E-state index in [1.807, 2.05) is 24.0 Å². The number of hydrogen-bond acceptors (Lipinski definition) is 10. The van der Waals surface area contributed by atoms with Crippen molar-refractivity contribution in [1.29, 1.82) is 0 Å². The highest BCUT2D eigenvalue weighted by Crippen LogP contribution is 2.23. The average molecular weight is 401 g/mol. The normalized spacial score (nSPS) is 15.1. The molecule has 2 heterocycles. The van der Waals surface area contributed by atoms with E-state index < -0.39 is 5.60 Å². The van der Waals surface area contributed by atoms with Gasteiger partial charge in [-0.15, -0.1) is 0 Å². The fourth-order valence-electron chi connectivity index (χ4n) is 2.58. The largest absolute Gasteiger partial charge is 0.460 e. The second kappa shape index (κ2) is 9.10. The van der Waals surface area contributed by atoms with Gasteiger partial charge in [0.25, 0.3) is 0 Å². The van der Waals surface area contributed by atoms with Gasteiger partial charge in [-0.25, -0.2) is 0 Å². The number of azo groups is 1. The Balaban J connectivity index is 1.79. The summed E-state index contributed by atoms with van der Waals surface area (Å²) in [6.07, 6.45) is 0. The summed E-state index contributed by atoms with van der Waals surface area (Å²) in [4.78, 5) is 15.2. The maximum absolute atomic E-state index is 9.91. The molecule has 0 bridgehead atoms. The van der Waals surface area contributed by atoms with Gasteiger partial charge in [0.2, 0.25) is 5.95 Å². The minimum absolute atomic E-state index is 0.0559. The molecule has 1 fully saturated rings. The van der Waals surface area contributed by atoms with Crippen molar-refractivity contribution < 1.29 is 14.6 Å². The minimum atomic E-state index is -1.01. The first-order chi connectivity index (χ1) is 13.8. The van der Waals surface area contributed by atoms with Crippen molar-refractivity contribution in [1.82, 2.24) is 15.0 Å². The van der Waals surface area contributed by atoms with Gasteiger partial charge in [0, 0.05) is 13.1 Å². The maximum Gasteiger partial charge on any atom is 0.321 e. The van der Waals surface area contributed by atoms with Gasteiger partial charge < -0.3 is 25.2 Å². The Morgan fingerprint density at radius 1 is 1.24 bits per heavy atom. The van der Waals surface area contributed by atoms with E-state index in [1.165, 1.54) is 0 Å². The molecule has 10 heteroatoms. The van der Waals surface area contributed by atoms with Crippen molar-refractivity contribution in [2.24, 2.45) is 10.2 Å². The molecule has 2 aromatic rings. The summed E-state index contributed by atoms with van der Waals surface area (Å²) in [6, 6.07) is 5.72. The standard InChI is InChI=1S/C19H27N7O3/c1-13-4-5-14(20)15(10-13)25-21-11-16-22-17(26-6-8-28-9-7-26)24-18(23-16)29-12-19(2,3)27/h4-5,10,27H,6-9,11-12,20H2,1-3H3. The van der Waals surface area contributed by atoms with E-state index in [4.69, 9.17) is 15.2 Å². The lowest BCUT2D eigenvalue weighted by molar-refractivity contribution is 0.0248. The number of ether oxygens (including phenoxy) is 2. The van der Waals surface area contributed by atoms with E-state index >= 15 is 0 Å². The molecule has 3 rings (SSSR count). The Morgan fingerprint density at radius 3 is 2.72 bits per heavy atom. The molecular formula is C19H27N7O3. The SMILES string of the molecule is Cc1ccc(N)c(N=NCc2nc(OCC(C)(C)O)nc(N3CCOCC3)n2)c1. The Morgan fingerprint density at radius 2 is 2.00 bits per heavy atom. The van der Waals surface area contributed by atoms with Gasteiger partial charge in [-0.2, -0.15) is 25.2 Å². The molecule has 0 saturated carbocycles. The zero-order valence-corrected chi connectivity index (χ0v) is 17.0. The highest BCUT2D eigenvalue weighted by Gasteiger charge is 2.19. The van der Waals surface area contributed by atoms with Gasteiger partial charge in [0.05, 0.1) is 24.5 Å². The lowest BCUT2D eigenvalue weighted by Gasteiger charge is -2.27. The van der Waals surface area contributed by atoms with Crippen LogP contribution in [0.15, 0.2) is 28.4 Å². The molecule has 156 valence electrons. The molecule has 29 heavy (non-hydrogen) atoms. The van der Waals surface area contributed by atoms with Crippen LogP contribution in [0.4, 0.5) is 17.3 Å². The predicted octanol–water partition coefficient (Wildman–Crippen LogP) is 2.03. The fourth-order valence-corrected chi connectivity index (χ4v) is 2.58. The third-order valence-electron chi connectivity index (χ3n) is 4.07. The number of nitrogens with zero attached hydrogens (tertiary/aromatic N) is 6. The molecule has 0 aliphatic carbocycles. The van der Waals surface area contributed by atoms with Gasteiger partial charge in [0.15, 0.2) is 5.82 Å². The Labute approximate surface area is 169 Å². The van der Waals surface area contributed by atoms with E-state index in [2.05, 4.69) is 25.2 Å². The predicted molar refractivity (Wildman–Crippen MR) is 108 cm³/mol. The molecule has 0 spiro atoms. The zero-order chi connectivity index (χ0) is 20.9. The number of nitrogens with two attached hydrogens (primary N) is 1. The molecule has 1 aromatic carbocycles. The van der Waals surface area contributed by atoms with E-state index in [-0.39, 0.29) is 19.2 Å². The summed E-state index contributed by atoms with van der Waals surface area (Å²) in [5.74, 6) is 0.913. The first kappa shape index (κ1) is 20.9. The quantitative estimate of drug-likeness (QED) is 0.532. The van der Waals surface area contributed by atoms with Crippen LogP contribution in [0.1, 0.15) is 25.2 Å². The van der Waals surface area contributed by atoms with Crippen LogP contribution in [0.25, 0.3) is 0 Å². The number of aryl methyl sites for hydroxylation is 1. The molecule has 0 radical (unpaired) electrons. The van der Waals surface area contributed by atoms with Crippen LogP contribution < -0.4 is 15.4 Å². The Kier molecular flexibility index (Phi) is 6.55. The third kappa shape index (κ3) is 6.33. The summed E-state index contributed by atoms with van der Waals surface area (Å²) in [5.41, 5.74) is 7.14. The van der Waals surface area contributed by atoms with Crippen molar-refractivity contribution in [3.05, 3.63) is 29.6 Å². The van der Waals surface area contributed by atoms with Crippen LogP contribution in [-0.4, -0.2) is 58.6 Å². The van der Waals surface area contributed by atoms with Crippen molar-refractivity contribution in [2.75, 3.05) is 43.5 Å². The second-order valence-electron chi connectivity index (χ2n) is 7.50. The number of benzene rings is 1. The molecular weight excluding hydrogens is 374 g/mol. The summed E-state index contributed by atoms with van der Waals surface area (Å²) >= 11 is 0. The average Bonchev–Trinajstić information content (AvgIpc) is 2.69. The van der Waals surface area contributed by atoms with Gasteiger partial charge >= 0.3 is 6.01 Å². The highest BCUT2D eigenvalue weighted by molar-refractivity contribution is 5.62. The minimum Gasteiger partial charge on any atom is -0.460 e. The third-order valence-corrected chi connectivity index (χ3v) is 4.07. The Hall–Kier alpha value is -2.85. The number of rotatable bonds is 7. The molecule has 3 N–H and O–H groups in total. The summed E-state index contributed by atoms with van der Waals surface area (Å²) in [6.45, 7) is 8.03. The topological polar surface area (TPSA) is 131 Å². The number of aliphatic hydroxyl groups is 1. The van der Waals surface area contributed by atoms with Crippen LogP contribution in [0.3, 0.4) is 0 Å². The van der Waals surface area contributed by atoms with Gasteiger partial charge in [-0.1, -0.05) is 6.07 Å².